The molecular formula is C29H55NO9. The van der Waals surface area contributed by atoms with Crippen LogP contribution in [0, 0.1) is 11.8 Å². The highest BCUT2D eigenvalue weighted by Gasteiger charge is 2.20. The third kappa shape index (κ3) is 23.7. The molecule has 0 aliphatic heterocycles. The first-order valence-corrected chi connectivity index (χ1v) is 15.2. The number of Topliss-reactive ketones (excluding diaryl/α,β-unsaturated/α-hetero) is 1. The lowest BCUT2D eigenvalue weighted by Gasteiger charge is -2.24. The van der Waals surface area contributed by atoms with E-state index in [1.54, 1.807) is 0 Å². The molecule has 2 aliphatic carbocycles. The van der Waals surface area contributed by atoms with Crippen molar-refractivity contribution in [1.82, 2.24) is 5.32 Å². The first-order valence-electron chi connectivity index (χ1n) is 15.2. The molecule has 0 unspecified atom stereocenters. The molecule has 0 aromatic rings. The van der Waals surface area contributed by atoms with Crippen LogP contribution in [-0.2, 0) is 42.7 Å². The van der Waals surface area contributed by atoms with Gasteiger partial charge in [0.25, 0.3) is 0 Å². The Labute approximate surface area is 236 Å². The Hall–Kier alpha value is -0.690. The van der Waals surface area contributed by atoms with Gasteiger partial charge in [0.1, 0.15) is 5.78 Å². The molecule has 10 nitrogen and oxygen atoms in total. The average Bonchev–Trinajstić information content (AvgIpc) is 3.74. The molecule has 0 aromatic carbocycles. The predicted octanol–water partition coefficient (Wildman–Crippen LogP) is 2.66. The molecule has 0 heterocycles. The van der Waals surface area contributed by atoms with Crippen LogP contribution >= 0.6 is 0 Å². The molecule has 0 spiro atoms. The van der Waals surface area contributed by atoms with E-state index in [4.69, 9.17) is 37.9 Å². The number of carbonyl (C=O) groups excluding carboxylic acids is 1. The van der Waals surface area contributed by atoms with Crippen LogP contribution in [0.1, 0.15) is 51.4 Å². The predicted molar refractivity (Wildman–Crippen MR) is 148 cm³/mol. The molecule has 2 saturated carbocycles. The maximum atomic E-state index is 11.7. The Morgan fingerprint density at radius 2 is 0.949 bits per heavy atom. The van der Waals surface area contributed by atoms with Crippen LogP contribution in [-0.4, -0.2) is 125 Å². The minimum atomic E-state index is 0.326. The monoisotopic (exact) mass is 561 g/mol. The number of ether oxygens (including phenoxy) is 8. The van der Waals surface area contributed by atoms with Crippen molar-refractivity contribution < 1.29 is 42.7 Å². The molecule has 2 rings (SSSR count). The van der Waals surface area contributed by atoms with Gasteiger partial charge < -0.3 is 43.2 Å². The maximum absolute atomic E-state index is 11.7. The molecule has 10 heteroatoms. The van der Waals surface area contributed by atoms with Gasteiger partial charge in [-0.05, 0) is 37.6 Å². The van der Waals surface area contributed by atoms with Gasteiger partial charge in [0.2, 0.25) is 0 Å². The minimum absolute atomic E-state index is 0.326. The van der Waals surface area contributed by atoms with Gasteiger partial charge >= 0.3 is 0 Å². The summed E-state index contributed by atoms with van der Waals surface area (Å²) in [5, 5.41) is 3.40. The summed E-state index contributed by atoms with van der Waals surface area (Å²) < 4.78 is 44.0. The van der Waals surface area contributed by atoms with E-state index >= 15 is 0 Å². The Kier molecular flexibility index (Phi) is 23.2. The summed E-state index contributed by atoms with van der Waals surface area (Å²) in [6, 6.07) is 0. The third-order valence-electron chi connectivity index (χ3n) is 6.63. The molecule has 2 fully saturated rings. The van der Waals surface area contributed by atoms with E-state index in [0.29, 0.717) is 117 Å². The van der Waals surface area contributed by atoms with Crippen LogP contribution in [0.15, 0.2) is 0 Å². The van der Waals surface area contributed by atoms with Gasteiger partial charge in [-0.2, -0.15) is 0 Å². The number of hydrogen-bond donors (Lipinski definition) is 1. The second kappa shape index (κ2) is 26.2. The molecule has 39 heavy (non-hydrogen) atoms. The molecule has 2 aliphatic rings. The van der Waals surface area contributed by atoms with E-state index in [9.17, 15) is 4.79 Å². The van der Waals surface area contributed by atoms with Crippen molar-refractivity contribution in [3.8, 4) is 0 Å². The van der Waals surface area contributed by atoms with Crippen LogP contribution in [0.3, 0.4) is 0 Å². The van der Waals surface area contributed by atoms with Crippen molar-refractivity contribution in [3.05, 3.63) is 0 Å². The summed E-state index contributed by atoms with van der Waals surface area (Å²) in [6.07, 6.45) is 8.57. The van der Waals surface area contributed by atoms with Gasteiger partial charge in [-0.3, -0.25) is 4.79 Å². The molecule has 0 bridgehead atoms. The normalized spacial score (nSPS) is 15.6. The quantitative estimate of drug-likeness (QED) is 0.123. The highest BCUT2D eigenvalue weighted by Crippen LogP contribution is 2.29. The van der Waals surface area contributed by atoms with Crippen LogP contribution in [0.5, 0.6) is 0 Å². The summed E-state index contributed by atoms with van der Waals surface area (Å²) >= 11 is 0. The van der Waals surface area contributed by atoms with Gasteiger partial charge in [-0.15, -0.1) is 0 Å². The van der Waals surface area contributed by atoms with Gasteiger partial charge in [0.05, 0.1) is 92.5 Å². The summed E-state index contributed by atoms with van der Waals surface area (Å²) in [7, 11) is 0. The summed E-state index contributed by atoms with van der Waals surface area (Å²) in [4.78, 5) is 11.7. The van der Waals surface area contributed by atoms with Crippen LogP contribution < -0.4 is 5.32 Å². The topological polar surface area (TPSA) is 103 Å². The molecule has 230 valence electrons. The number of rotatable bonds is 32. The SMILES string of the molecule is O=C(CCOCCOCCOCCCOCCOCCOCCOCCOCCNCC1CC1)CC1CCC1. The fourth-order valence-corrected chi connectivity index (χ4v) is 3.87. The van der Waals surface area contributed by atoms with Crippen molar-refractivity contribution in [2.24, 2.45) is 11.8 Å². The van der Waals surface area contributed by atoms with Crippen molar-refractivity contribution in [2.45, 2.75) is 51.4 Å². The number of carbonyl (C=O) groups is 1. The Morgan fingerprint density at radius 3 is 1.38 bits per heavy atom. The van der Waals surface area contributed by atoms with E-state index in [2.05, 4.69) is 5.32 Å². The first kappa shape index (κ1) is 34.5. The molecule has 0 atom stereocenters. The van der Waals surface area contributed by atoms with Crippen LogP contribution in [0.25, 0.3) is 0 Å². The molecule has 0 amide bonds. The standard InChI is InChI=1S/C29H55NO9/c31-29(25-27-3-1-4-27)7-11-34-15-19-36-17-13-32-9-2-10-33-14-18-37-21-23-39-24-22-38-20-16-35-12-8-30-26-28-5-6-28/h27-28,30H,1-26H2. The van der Waals surface area contributed by atoms with E-state index < -0.39 is 0 Å². The molecule has 0 saturated heterocycles. The third-order valence-corrected chi connectivity index (χ3v) is 6.63. The maximum Gasteiger partial charge on any atom is 0.135 e. The molecule has 1 N–H and O–H groups in total. The second-order valence-corrected chi connectivity index (χ2v) is 10.2. The smallest absolute Gasteiger partial charge is 0.135 e. The molecular weight excluding hydrogens is 506 g/mol. The lowest BCUT2D eigenvalue weighted by Crippen LogP contribution is -2.22. The number of hydrogen-bond acceptors (Lipinski definition) is 10. The fraction of sp³-hybridized carbons (Fsp3) is 0.966. The Balaban J connectivity index is 1.12. The molecule has 0 aromatic heterocycles. The zero-order valence-corrected chi connectivity index (χ0v) is 24.2. The fourth-order valence-electron chi connectivity index (χ4n) is 3.87. The zero-order chi connectivity index (χ0) is 27.5. The van der Waals surface area contributed by atoms with E-state index in [-0.39, 0.29) is 0 Å². The van der Waals surface area contributed by atoms with Gasteiger partial charge in [-0.1, -0.05) is 19.3 Å². The van der Waals surface area contributed by atoms with E-state index in [1.165, 1.54) is 32.1 Å². The molecule has 0 radical (unpaired) electrons. The average molecular weight is 562 g/mol. The highest BCUT2D eigenvalue weighted by atomic mass is 16.6. The van der Waals surface area contributed by atoms with Crippen molar-refractivity contribution in [2.75, 3.05) is 119 Å². The lowest BCUT2D eigenvalue weighted by atomic mass is 9.81. The van der Waals surface area contributed by atoms with Gasteiger partial charge in [0.15, 0.2) is 0 Å². The summed E-state index contributed by atoms with van der Waals surface area (Å²) in [5.41, 5.74) is 0. The zero-order valence-electron chi connectivity index (χ0n) is 24.2. The van der Waals surface area contributed by atoms with E-state index in [1.807, 2.05) is 0 Å². The number of nitrogens with one attached hydrogen (secondary N) is 1. The largest absolute Gasteiger partial charge is 0.379 e. The first-order chi connectivity index (χ1) is 19.3. The minimum Gasteiger partial charge on any atom is -0.379 e. The van der Waals surface area contributed by atoms with Crippen molar-refractivity contribution in [3.63, 3.8) is 0 Å². The Morgan fingerprint density at radius 1 is 0.513 bits per heavy atom. The van der Waals surface area contributed by atoms with Crippen LogP contribution in [0.2, 0.25) is 0 Å². The van der Waals surface area contributed by atoms with Crippen LogP contribution in [0.4, 0.5) is 0 Å². The second-order valence-electron chi connectivity index (χ2n) is 10.2. The van der Waals surface area contributed by atoms with E-state index in [0.717, 1.165) is 38.5 Å². The number of ketones is 1. The lowest BCUT2D eigenvalue weighted by molar-refractivity contribution is -0.121. The van der Waals surface area contributed by atoms with Crippen molar-refractivity contribution in [1.29, 1.82) is 0 Å². The summed E-state index contributed by atoms with van der Waals surface area (Å²) in [6.45, 7) is 11.3. The Bertz CT molecular complexity index is 547. The summed E-state index contributed by atoms with van der Waals surface area (Å²) in [5.74, 6) is 1.88. The van der Waals surface area contributed by atoms with Gasteiger partial charge in [0, 0.05) is 32.6 Å². The van der Waals surface area contributed by atoms with Gasteiger partial charge in [-0.25, -0.2) is 0 Å². The van der Waals surface area contributed by atoms with Crippen molar-refractivity contribution >= 4 is 5.78 Å². The highest BCUT2D eigenvalue weighted by molar-refractivity contribution is 5.78.